The van der Waals surface area contributed by atoms with E-state index in [1.807, 2.05) is 0 Å². The number of ether oxygens (including phenoxy) is 1. The molecule has 0 aromatic rings. The van der Waals surface area contributed by atoms with E-state index in [2.05, 4.69) is 10.1 Å². The van der Waals surface area contributed by atoms with Crippen LogP contribution in [0.2, 0.25) is 0 Å². The lowest BCUT2D eigenvalue weighted by Gasteiger charge is -2.36. The first-order chi connectivity index (χ1) is 6.91. The van der Waals surface area contributed by atoms with Crippen molar-refractivity contribution in [1.29, 1.82) is 0 Å². The predicted molar refractivity (Wildman–Crippen MR) is 48.5 cm³/mol. The minimum atomic E-state index is -4.26. The van der Waals surface area contributed by atoms with Crippen molar-refractivity contribution < 1.29 is 23.0 Å². The zero-order valence-corrected chi connectivity index (χ0v) is 8.44. The second-order valence-electron chi connectivity index (χ2n) is 3.92. The third kappa shape index (κ3) is 5.34. The zero-order valence-electron chi connectivity index (χ0n) is 8.44. The highest BCUT2D eigenvalue weighted by atomic mass is 19.4. The Labute approximate surface area is 86.6 Å². The summed E-state index contributed by atoms with van der Waals surface area (Å²) in [6, 6.07) is 0. The lowest BCUT2D eigenvalue weighted by atomic mass is 9.80. The molecule has 1 aliphatic carbocycles. The summed E-state index contributed by atoms with van der Waals surface area (Å²) in [6.07, 6.45) is -1.71. The van der Waals surface area contributed by atoms with Crippen LogP contribution in [-0.4, -0.2) is 43.2 Å². The van der Waals surface area contributed by atoms with Gasteiger partial charge in [0.15, 0.2) is 0 Å². The number of hydrogen-bond acceptors (Lipinski definition) is 3. The van der Waals surface area contributed by atoms with Gasteiger partial charge < -0.3 is 15.2 Å². The van der Waals surface area contributed by atoms with E-state index in [1.54, 1.807) is 0 Å². The van der Waals surface area contributed by atoms with Crippen LogP contribution in [0.5, 0.6) is 0 Å². The summed E-state index contributed by atoms with van der Waals surface area (Å²) < 4.78 is 39.3. The molecule has 6 heteroatoms. The number of aliphatic hydroxyl groups is 1. The van der Waals surface area contributed by atoms with Gasteiger partial charge in [-0.05, 0) is 19.3 Å². The van der Waals surface area contributed by atoms with Gasteiger partial charge >= 0.3 is 6.18 Å². The third-order valence-corrected chi connectivity index (χ3v) is 2.43. The maximum absolute atomic E-state index is 11.6. The van der Waals surface area contributed by atoms with E-state index in [0.29, 0.717) is 13.1 Å². The van der Waals surface area contributed by atoms with Crippen molar-refractivity contribution in [3.63, 3.8) is 0 Å². The zero-order chi connectivity index (χ0) is 11.4. The molecule has 0 aromatic carbocycles. The highest BCUT2D eigenvalue weighted by Gasteiger charge is 2.33. The van der Waals surface area contributed by atoms with Gasteiger partial charge in [0.2, 0.25) is 0 Å². The van der Waals surface area contributed by atoms with E-state index < -0.39 is 18.4 Å². The lowest BCUT2D eigenvalue weighted by molar-refractivity contribution is -0.173. The summed E-state index contributed by atoms with van der Waals surface area (Å²) in [6.45, 7) is -0.435. The molecule has 1 fully saturated rings. The molecule has 0 unspecified atom stereocenters. The van der Waals surface area contributed by atoms with Gasteiger partial charge in [0.05, 0.1) is 12.2 Å². The predicted octanol–water partition coefficient (Wildman–Crippen LogP) is 1.07. The summed E-state index contributed by atoms with van der Waals surface area (Å²) in [5, 5.41) is 12.5. The molecule has 0 amide bonds. The smallest absolute Gasteiger partial charge is 0.389 e. The van der Waals surface area contributed by atoms with Crippen molar-refractivity contribution in [3.05, 3.63) is 0 Å². The van der Waals surface area contributed by atoms with Gasteiger partial charge in [-0.2, -0.15) is 13.2 Å². The van der Waals surface area contributed by atoms with E-state index in [-0.39, 0.29) is 6.61 Å². The van der Waals surface area contributed by atoms with Crippen LogP contribution in [0.4, 0.5) is 13.2 Å². The van der Waals surface area contributed by atoms with Crippen LogP contribution in [0.3, 0.4) is 0 Å². The maximum Gasteiger partial charge on any atom is 0.411 e. The molecule has 1 saturated carbocycles. The minimum absolute atomic E-state index is 0.00951. The van der Waals surface area contributed by atoms with Crippen LogP contribution in [0.1, 0.15) is 19.3 Å². The Morgan fingerprint density at radius 3 is 2.47 bits per heavy atom. The molecule has 0 atom stereocenters. The van der Waals surface area contributed by atoms with Crippen LogP contribution < -0.4 is 5.32 Å². The van der Waals surface area contributed by atoms with Gasteiger partial charge in [-0.1, -0.05) is 0 Å². The van der Waals surface area contributed by atoms with Crippen LogP contribution in [-0.2, 0) is 4.74 Å². The molecule has 0 bridgehead atoms. The molecular formula is C9H16F3NO2. The van der Waals surface area contributed by atoms with Crippen molar-refractivity contribution in [2.24, 2.45) is 0 Å². The SMILES string of the molecule is OC1(CNCCOCC(F)(F)F)CCC1. The first kappa shape index (κ1) is 12.7. The van der Waals surface area contributed by atoms with Gasteiger partial charge in [-0.25, -0.2) is 0 Å². The molecule has 0 aliphatic heterocycles. The Hall–Kier alpha value is -0.330. The van der Waals surface area contributed by atoms with Crippen LogP contribution in [0.25, 0.3) is 0 Å². The monoisotopic (exact) mass is 227 g/mol. The average Bonchev–Trinajstić information content (AvgIpc) is 2.06. The van der Waals surface area contributed by atoms with Crippen LogP contribution in [0, 0.1) is 0 Å². The first-order valence-corrected chi connectivity index (χ1v) is 4.99. The van der Waals surface area contributed by atoms with E-state index in [1.165, 1.54) is 0 Å². The molecule has 0 radical (unpaired) electrons. The average molecular weight is 227 g/mol. The fourth-order valence-corrected chi connectivity index (χ4v) is 1.41. The van der Waals surface area contributed by atoms with E-state index in [0.717, 1.165) is 19.3 Å². The number of rotatable bonds is 6. The Morgan fingerprint density at radius 2 is 2.00 bits per heavy atom. The van der Waals surface area contributed by atoms with Crippen molar-refractivity contribution in [3.8, 4) is 0 Å². The highest BCUT2D eigenvalue weighted by molar-refractivity contribution is 4.89. The highest BCUT2D eigenvalue weighted by Crippen LogP contribution is 2.30. The Morgan fingerprint density at radius 1 is 1.33 bits per heavy atom. The van der Waals surface area contributed by atoms with E-state index in [9.17, 15) is 18.3 Å². The van der Waals surface area contributed by atoms with Crippen molar-refractivity contribution in [2.75, 3.05) is 26.3 Å². The van der Waals surface area contributed by atoms with Crippen molar-refractivity contribution in [1.82, 2.24) is 5.32 Å². The first-order valence-electron chi connectivity index (χ1n) is 4.99. The fourth-order valence-electron chi connectivity index (χ4n) is 1.41. The van der Waals surface area contributed by atoms with Gasteiger partial charge in [0, 0.05) is 13.1 Å². The Balaban J connectivity index is 1.89. The normalized spacial score (nSPS) is 20.0. The van der Waals surface area contributed by atoms with Crippen molar-refractivity contribution >= 4 is 0 Å². The van der Waals surface area contributed by atoms with Gasteiger partial charge in [0.1, 0.15) is 6.61 Å². The molecule has 1 rings (SSSR count). The number of nitrogens with one attached hydrogen (secondary N) is 1. The fraction of sp³-hybridized carbons (Fsp3) is 1.00. The molecule has 0 saturated heterocycles. The second kappa shape index (κ2) is 5.14. The van der Waals surface area contributed by atoms with Crippen molar-refractivity contribution in [2.45, 2.75) is 31.0 Å². The third-order valence-electron chi connectivity index (χ3n) is 2.43. The number of hydrogen-bond donors (Lipinski definition) is 2. The lowest BCUT2D eigenvalue weighted by Crippen LogP contribution is -2.46. The quantitative estimate of drug-likeness (QED) is 0.667. The largest absolute Gasteiger partial charge is 0.411 e. The Bertz CT molecular complexity index is 192. The summed E-state index contributed by atoms with van der Waals surface area (Å²) in [7, 11) is 0. The molecule has 0 spiro atoms. The molecule has 3 nitrogen and oxygen atoms in total. The summed E-state index contributed by atoms with van der Waals surface area (Å²) >= 11 is 0. The summed E-state index contributed by atoms with van der Waals surface area (Å²) in [5.74, 6) is 0. The molecule has 0 aromatic heterocycles. The Kier molecular flexibility index (Phi) is 4.36. The molecule has 2 N–H and O–H groups in total. The van der Waals surface area contributed by atoms with E-state index >= 15 is 0 Å². The maximum atomic E-state index is 11.6. The minimum Gasteiger partial charge on any atom is -0.389 e. The number of alkyl halides is 3. The van der Waals surface area contributed by atoms with Gasteiger partial charge in [-0.3, -0.25) is 0 Å². The summed E-state index contributed by atoms with van der Waals surface area (Å²) in [4.78, 5) is 0. The summed E-state index contributed by atoms with van der Waals surface area (Å²) in [5.41, 5.74) is -0.635. The molecule has 1 aliphatic rings. The van der Waals surface area contributed by atoms with Gasteiger partial charge in [-0.15, -0.1) is 0 Å². The number of halogens is 3. The standard InChI is InChI=1S/C9H16F3NO2/c10-9(11,12)7-15-5-4-13-6-8(14)2-1-3-8/h13-14H,1-7H2. The topological polar surface area (TPSA) is 41.5 Å². The van der Waals surface area contributed by atoms with E-state index in [4.69, 9.17) is 0 Å². The molecule has 0 heterocycles. The second-order valence-corrected chi connectivity index (χ2v) is 3.92. The molecule has 15 heavy (non-hydrogen) atoms. The van der Waals surface area contributed by atoms with Gasteiger partial charge in [0.25, 0.3) is 0 Å². The molecular weight excluding hydrogens is 211 g/mol. The molecule has 90 valence electrons. The van der Waals surface area contributed by atoms with Crippen LogP contribution >= 0.6 is 0 Å². The van der Waals surface area contributed by atoms with Crippen LogP contribution in [0.15, 0.2) is 0 Å².